The summed E-state index contributed by atoms with van der Waals surface area (Å²) < 4.78 is 0. The van der Waals surface area contributed by atoms with Gasteiger partial charge in [-0.25, -0.2) is 0 Å². The quantitative estimate of drug-likeness (QED) is 0.535. The van der Waals surface area contributed by atoms with Crippen molar-refractivity contribution in [3.05, 3.63) is 0 Å². The highest BCUT2D eigenvalue weighted by Crippen LogP contribution is 2.42. The zero-order chi connectivity index (χ0) is 6.15. The van der Waals surface area contributed by atoms with Gasteiger partial charge in [-0.2, -0.15) is 0 Å². The third kappa shape index (κ3) is 1.83. The van der Waals surface area contributed by atoms with E-state index in [9.17, 15) is 0 Å². The van der Waals surface area contributed by atoms with E-state index >= 15 is 0 Å². The fourth-order valence-corrected chi connectivity index (χ4v) is 1.41. The molecule has 2 atom stereocenters. The first-order valence-electron chi connectivity index (χ1n) is 2.98. The summed E-state index contributed by atoms with van der Waals surface area (Å²) in [6.07, 6.45) is 2.32. The van der Waals surface area contributed by atoms with Crippen molar-refractivity contribution in [2.75, 3.05) is 0 Å². The SMILES string of the molecule is CC1CC1CC(Cl)Cl. The molecule has 0 aromatic rings. The summed E-state index contributed by atoms with van der Waals surface area (Å²) in [4.78, 5) is -0.134. The molecule has 8 heavy (non-hydrogen) atoms. The molecule has 0 spiro atoms. The lowest BCUT2D eigenvalue weighted by Gasteiger charge is -1.95. The molecule has 0 nitrogen and oxygen atoms in total. The Morgan fingerprint density at radius 1 is 1.62 bits per heavy atom. The molecule has 2 heteroatoms. The number of halogens is 2. The van der Waals surface area contributed by atoms with Gasteiger partial charge in [-0.3, -0.25) is 0 Å². The first-order chi connectivity index (χ1) is 3.70. The van der Waals surface area contributed by atoms with E-state index in [4.69, 9.17) is 23.2 Å². The molecule has 1 rings (SSSR count). The Morgan fingerprint density at radius 3 is 2.25 bits per heavy atom. The molecule has 1 aliphatic rings. The largest absolute Gasteiger partial charge is 0.108 e. The van der Waals surface area contributed by atoms with Crippen molar-refractivity contribution in [3.63, 3.8) is 0 Å². The molecule has 0 N–H and O–H groups in total. The zero-order valence-electron chi connectivity index (χ0n) is 4.90. The van der Waals surface area contributed by atoms with Crippen molar-refractivity contribution in [2.45, 2.75) is 24.6 Å². The smallest absolute Gasteiger partial charge is 0.105 e. The maximum Gasteiger partial charge on any atom is 0.108 e. The first-order valence-corrected chi connectivity index (χ1v) is 3.85. The van der Waals surface area contributed by atoms with Gasteiger partial charge in [-0.15, -0.1) is 23.2 Å². The lowest BCUT2D eigenvalue weighted by Crippen LogP contribution is -1.88. The highest BCUT2D eigenvalue weighted by Gasteiger charge is 2.33. The molecular formula is C6H10Cl2. The normalized spacial score (nSPS) is 36.0. The molecule has 0 aromatic heterocycles. The van der Waals surface area contributed by atoms with E-state index in [2.05, 4.69) is 6.92 Å². The standard InChI is InChI=1S/C6H10Cl2/c1-4-2-5(4)3-6(7)8/h4-6H,2-3H2,1H3. The molecule has 0 saturated heterocycles. The molecule has 1 aliphatic carbocycles. The summed E-state index contributed by atoms with van der Waals surface area (Å²) in [5.41, 5.74) is 0. The topological polar surface area (TPSA) is 0 Å². The molecule has 2 unspecified atom stereocenters. The number of rotatable bonds is 2. The fraction of sp³-hybridized carbons (Fsp3) is 1.00. The summed E-state index contributed by atoms with van der Waals surface area (Å²) in [6.45, 7) is 2.24. The third-order valence-electron chi connectivity index (χ3n) is 1.76. The van der Waals surface area contributed by atoms with Crippen molar-refractivity contribution < 1.29 is 0 Å². The van der Waals surface area contributed by atoms with Crippen LogP contribution in [0.4, 0.5) is 0 Å². The molecule has 0 amide bonds. The Labute approximate surface area is 60.2 Å². The Kier molecular flexibility index (Phi) is 2.05. The van der Waals surface area contributed by atoms with Crippen molar-refractivity contribution >= 4 is 23.2 Å². The molecule has 0 aliphatic heterocycles. The van der Waals surface area contributed by atoms with E-state index in [0.717, 1.165) is 18.3 Å². The van der Waals surface area contributed by atoms with Gasteiger partial charge in [0.05, 0.1) is 0 Å². The van der Waals surface area contributed by atoms with Gasteiger partial charge >= 0.3 is 0 Å². The Morgan fingerprint density at radius 2 is 2.12 bits per heavy atom. The monoisotopic (exact) mass is 152 g/mol. The first kappa shape index (κ1) is 6.70. The van der Waals surface area contributed by atoms with Gasteiger partial charge in [0.2, 0.25) is 0 Å². The molecule has 0 aromatic carbocycles. The lowest BCUT2D eigenvalue weighted by atomic mass is 10.3. The minimum atomic E-state index is -0.134. The van der Waals surface area contributed by atoms with Gasteiger partial charge in [-0.1, -0.05) is 6.92 Å². The molecule has 48 valence electrons. The highest BCUT2D eigenvalue weighted by molar-refractivity contribution is 6.44. The summed E-state index contributed by atoms with van der Waals surface area (Å²) in [7, 11) is 0. The van der Waals surface area contributed by atoms with Gasteiger partial charge in [0.1, 0.15) is 4.84 Å². The second-order valence-electron chi connectivity index (χ2n) is 2.60. The number of hydrogen-bond acceptors (Lipinski definition) is 0. The van der Waals surface area contributed by atoms with Crippen LogP contribution < -0.4 is 0 Å². The molecule has 0 radical (unpaired) electrons. The van der Waals surface area contributed by atoms with Crippen molar-refractivity contribution in [3.8, 4) is 0 Å². The van der Waals surface area contributed by atoms with E-state index in [1.54, 1.807) is 0 Å². The van der Waals surface area contributed by atoms with Crippen LogP contribution in [0.5, 0.6) is 0 Å². The predicted octanol–water partition coefficient (Wildman–Crippen LogP) is 2.84. The van der Waals surface area contributed by atoms with Gasteiger partial charge in [0.25, 0.3) is 0 Å². The summed E-state index contributed by atoms with van der Waals surface area (Å²) in [5.74, 6) is 1.71. The van der Waals surface area contributed by atoms with Crippen LogP contribution >= 0.6 is 23.2 Å². The van der Waals surface area contributed by atoms with E-state index < -0.39 is 0 Å². The number of hydrogen-bond donors (Lipinski definition) is 0. The van der Waals surface area contributed by atoms with Crippen LogP contribution in [0.25, 0.3) is 0 Å². The van der Waals surface area contributed by atoms with E-state index in [1.807, 2.05) is 0 Å². The molecular weight excluding hydrogens is 143 g/mol. The van der Waals surface area contributed by atoms with Crippen molar-refractivity contribution in [1.29, 1.82) is 0 Å². The maximum atomic E-state index is 5.54. The van der Waals surface area contributed by atoms with Gasteiger partial charge in [-0.05, 0) is 24.7 Å². The van der Waals surface area contributed by atoms with Crippen LogP contribution in [0.2, 0.25) is 0 Å². The molecule has 1 saturated carbocycles. The summed E-state index contributed by atoms with van der Waals surface area (Å²) in [5, 5.41) is 0. The lowest BCUT2D eigenvalue weighted by molar-refractivity contribution is 0.709. The molecule has 1 fully saturated rings. The van der Waals surface area contributed by atoms with Crippen LogP contribution in [0.1, 0.15) is 19.8 Å². The van der Waals surface area contributed by atoms with Crippen molar-refractivity contribution in [2.24, 2.45) is 11.8 Å². The molecule has 0 bridgehead atoms. The minimum Gasteiger partial charge on any atom is -0.105 e. The highest BCUT2D eigenvalue weighted by atomic mass is 35.5. The van der Waals surface area contributed by atoms with Crippen LogP contribution in [0.15, 0.2) is 0 Å². The van der Waals surface area contributed by atoms with Crippen LogP contribution in [0, 0.1) is 11.8 Å². The fourth-order valence-electron chi connectivity index (χ4n) is 0.956. The average molecular weight is 153 g/mol. The second kappa shape index (κ2) is 2.45. The van der Waals surface area contributed by atoms with Gasteiger partial charge in [0, 0.05) is 0 Å². The average Bonchev–Trinajstić information content (AvgIpc) is 2.17. The maximum absolute atomic E-state index is 5.54. The van der Waals surface area contributed by atoms with Crippen LogP contribution in [-0.4, -0.2) is 4.84 Å². The predicted molar refractivity (Wildman–Crippen MR) is 37.4 cm³/mol. The zero-order valence-corrected chi connectivity index (χ0v) is 6.41. The summed E-state index contributed by atoms with van der Waals surface area (Å²) >= 11 is 11.1. The van der Waals surface area contributed by atoms with E-state index in [0.29, 0.717) is 0 Å². The Balaban J connectivity index is 2.05. The number of alkyl halides is 2. The van der Waals surface area contributed by atoms with Crippen LogP contribution in [-0.2, 0) is 0 Å². The minimum absolute atomic E-state index is 0.134. The van der Waals surface area contributed by atoms with E-state index in [1.165, 1.54) is 6.42 Å². The second-order valence-corrected chi connectivity index (χ2v) is 3.88. The Hall–Kier alpha value is 0.580. The summed E-state index contributed by atoms with van der Waals surface area (Å²) in [6, 6.07) is 0. The third-order valence-corrected chi connectivity index (χ3v) is 2.11. The molecule has 0 heterocycles. The van der Waals surface area contributed by atoms with E-state index in [-0.39, 0.29) is 4.84 Å². The van der Waals surface area contributed by atoms with Crippen LogP contribution in [0.3, 0.4) is 0 Å². The van der Waals surface area contributed by atoms with Gasteiger partial charge in [0.15, 0.2) is 0 Å². The van der Waals surface area contributed by atoms with Crippen molar-refractivity contribution in [1.82, 2.24) is 0 Å². The Bertz CT molecular complexity index is 80.6. The van der Waals surface area contributed by atoms with Gasteiger partial charge < -0.3 is 0 Å².